The van der Waals surface area contributed by atoms with Crippen molar-refractivity contribution in [1.82, 2.24) is 0 Å². The Balaban J connectivity index is 2.45. The lowest BCUT2D eigenvalue weighted by molar-refractivity contribution is 0.372. The summed E-state index contributed by atoms with van der Waals surface area (Å²) in [5.74, 6) is 3.20. The fraction of sp³-hybridized carbons (Fsp3) is 0.0667. The molecule has 2 aromatic rings. The molecule has 0 aliphatic heterocycles. The van der Waals surface area contributed by atoms with Gasteiger partial charge in [-0.2, -0.15) is 0 Å². The molecule has 17 heavy (non-hydrogen) atoms. The smallest absolute Gasteiger partial charge is 0.148 e. The zero-order chi connectivity index (χ0) is 12.1. The van der Waals surface area contributed by atoms with Crippen molar-refractivity contribution in [2.45, 2.75) is 0 Å². The normalized spacial score (nSPS) is 9.65. The van der Waals surface area contributed by atoms with Gasteiger partial charge in [0.25, 0.3) is 0 Å². The number of hydrogen-bond donors (Lipinski definition) is 0. The summed E-state index contributed by atoms with van der Waals surface area (Å²) in [5.41, 5.74) is 1.90. The summed E-state index contributed by atoms with van der Waals surface area (Å²) in [4.78, 5) is 0. The van der Waals surface area contributed by atoms with Crippen LogP contribution in [0.3, 0.4) is 0 Å². The molecule has 0 atom stereocenters. The van der Waals surface area contributed by atoms with Crippen molar-refractivity contribution in [2.24, 2.45) is 0 Å². The number of para-hydroxylation sites is 1. The number of ether oxygens (including phenoxy) is 1. The fourth-order valence-corrected chi connectivity index (χ4v) is 1.85. The van der Waals surface area contributed by atoms with E-state index in [9.17, 15) is 0 Å². The second kappa shape index (κ2) is 5.43. The van der Waals surface area contributed by atoms with Gasteiger partial charge in [0.1, 0.15) is 12.4 Å². The van der Waals surface area contributed by atoms with E-state index in [-0.39, 0.29) is 6.61 Å². The minimum atomic E-state index is 0.251. The second-order valence-electron chi connectivity index (χ2n) is 3.47. The minimum Gasteiger partial charge on any atom is -0.480 e. The lowest BCUT2D eigenvalue weighted by atomic mass is 10.0. The minimum absolute atomic E-state index is 0.251. The molecule has 0 saturated carbocycles. The third-order valence-electron chi connectivity index (χ3n) is 2.36. The molecule has 0 aliphatic rings. The van der Waals surface area contributed by atoms with Crippen LogP contribution in [-0.4, -0.2) is 6.61 Å². The van der Waals surface area contributed by atoms with Gasteiger partial charge < -0.3 is 4.74 Å². The van der Waals surface area contributed by atoms with Crippen LogP contribution in [0.1, 0.15) is 0 Å². The average Bonchev–Trinajstić information content (AvgIpc) is 2.37. The van der Waals surface area contributed by atoms with E-state index in [4.69, 9.17) is 22.8 Å². The van der Waals surface area contributed by atoms with E-state index in [2.05, 4.69) is 5.92 Å². The van der Waals surface area contributed by atoms with Crippen molar-refractivity contribution in [1.29, 1.82) is 0 Å². The maximum Gasteiger partial charge on any atom is 0.148 e. The molecule has 0 saturated heterocycles. The van der Waals surface area contributed by atoms with E-state index in [0.29, 0.717) is 5.02 Å². The van der Waals surface area contributed by atoms with Gasteiger partial charge in [0.05, 0.1) is 0 Å². The molecular weight excluding hydrogens is 232 g/mol. The summed E-state index contributed by atoms with van der Waals surface area (Å²) >= 11 is 6.17. The van der Waals surface area contributed by atoms with Crippen LogP contribution in [0.2, 0.25) is 5.02 Å². The van der Waals surface area contributed by atoms with E-state index in [1.807, 2.05) is 48.5 Å². The molecule has 0 spiro atoms. The van der Waals surface area contributed by atoms with Crippen molar-refractivity contribution in [3.05, 3.63) is 53.6 Å². The van der Waals surface area contributed by atoms with Crippen molar-refractivity contribution in [3.8, 4) is 29.2 Å². The summed E-state index contributed by atoms with van der Waals surface area (Å²) in [6.07, 6.45) is 5.19. The van der Waals surface area contributed by atoms with E-state index >= 15 is 0 Å². The second-order valence-corrected chi connectivity index (χ2v) is 3.88. The number of halogens is 1. The molecule has 0 aliphatic carbocycles. The molecule has 0 fully saturated rings. The van der Waals surface area contributed by atoms with Crippen LogP contribution in [0.4, 0.5) is 0 Å². The summed E-state index contributed by atoms with van der Waals surface area (Å²) < 4.78 is 5.50. The van der Waals surface area contributed by atoms with E-state index in [1.165, 1.54) is 0 Å². The maximum absolute atomic E-state index is 6.17. The van der Waals surface area contributed by atoms with E-state index in [0.717, 1.165) is 16.9 Å². The molecule has 0 amide bonds. The highest BCUT2D eigenvalue weighted by atomic mass is 35.5. The van der Waals surface area contributed by atoms with Gasteiger partial charge in [0.2, 0.25) is 0 Å². The zero-order valence-corrected chi connectivity index (χ0v) is 9.95. The Bertz CT molecular complexity index is 555. The Labute approximate surface area is 106 Å². The third kappa shape index (κ3) is 2.61. The molecule has 2 rings (SSSR count). The molecule has 0 aromatic heterocycles. The number of benzene rings is 2. The molecule has 0 heterocycles. The topological polar surface area (TPSA) is 9.23 Å². The van der Waals surface area contributed by atoms with Gasteiger partial charge in [0, 0.05) is 16.1 Å². The first-order valence-corrected chi connectivity index (χ1v) is 5.61. The molecule has 2 heteroatoms. The van der Waals surface area contributed by atoms with Gasteiger partial charge in [0.15, 0.2) is 0 Å². The van der Waals surface area contributed by atoms with Crippen molar-refractivity contribution >= 4 is 11.6 Å². The molecular formula is C15H11ClO. The lowest BCUT2D eigenvalue weighted by Gasteiger charge is -2.10. The van der Waals surface area contributed by atoms with Crippen molar-refractivity contribution < 1.29 is 4.74 Å². The summed E-state index contributed by atoms with van der Waals surface area (Å²) in [6.45, 7) is 0.251. The van der Waals surface area contributed by atoms with E-state index < -0.39 is 0 Å². The summed E-state index contributed by atoms with van der Waals surface area (Å²) in [6, 6.07) is 15.4. The van der Waals surface area contributed by atoms with Crippen LogP contribution in [0.25, 0.3) is 11.1 Å². The maximum atomic E-state index is 6.17. The molecule has 0 N–H and O–H groups in total. The average molecular weight is 243 g/mol. The standard InChI is InChI=1S/C15H11ClO/c1-2-11-17-15-10-6-4-8-13(15)12-7-3-5-9-14(12)16/h1,3-10H,11H2. The molecule has 1 nitrogen and oxygen atoms in total. The van der Waals surface area contributed by atoms with E-state index in [1.54, 1.807) is 0 Å². The van der Waals surface area contributed by atoms with Gasteiger partial charge in [-0.3, -0.25) is 0 Å². The predicted molar refractivity (Wildman–Crippen MR) is 71.2 cm³/mol. The first kappa shape index (κ1) is 11.6. The molecule has 84 valence electrons. The van der Waals surface area contributed by atoms with Gasteiger partial charge in [-0.05, 0) is 12.1 Å². The Morgan fingerprint density at radius 1 is 1.00 bits per heavy atom. The van der Waals surface area contributed by atoms with Crippen LogP contribution >= 0.6 is 11.6 Å². The van der Waals surface area contributed by atoms with Crippen molar-refractivity contribution in [2.75, 3.05) is 6.61 Å². The zero-order valence-electron chi connectivity index (χ0n) is 9.19. The fourth-order valence-electron chi connectivity index (χ4n) is 1.61. The quantitative estimate of drug-likeness (QED) is 0.739. The van der Waals surface area contributed by atoms with Crippen molar-refractivity contribution in [3.63, 3.8) is 0 Å². The van der Waals surface area contributed by atoms with Gasteiger partial charge in [-0.15, -0.1) is 6.42 Å². The van der Waals surface area contributed by atoms with Gasteiger partial charge >= 0.3 is 0 Å². The Kier molecular flexibility index (Phi) is 3.69. The predicted octanol–water partition coefficient (Wildman–Crippen LogP) is 4.02. The highest BCUT2D eigenvalue weighted by Crippen LogP contribution is 2.34. The number of hydrogen-bond acceptors (Lipinski definition) is 1. The van der Waals surface area contributed by atoms with Gasteiger partial charge in [-0.25, -0.2) is 0 Å². The molecule has 2 aromatic carbocycles. The Hall–Kier alpha value is -1.91. The number of rotatable bonds is 3. The SMILES string of the molecule is C#CCOc1ccccc1-c1ccccc1Cl. The first-order valence-electron chi connectivity index (χ1n) is 5.23. The molecule has 0 radical (unpaired) electrons. The van der Waals surface area contributed by atoms with Crippen LogP contribution in [0.5, 0.6) is 5.75 Å². The lowest BCUT2D eigenvalue weighted by Crippen LogP contribution is -1.95. The first-order chi connectivity index (χ1) is 8.33. The van der Waals surface area contributed by atoms with Crippen LogP contribution in [-0.2, 0) is 0 Å². The highest BCUT2D eigenvalue weighted by Gasteiger charge is 2.08. The monoisotopic (exact) mass is 242 g/mol. The Morgan fingerprint density at radius 3 is 2.35 bits per heavy atom. The molecule has 0 unspecified atom stereocenters. The third-order valence-corrected chi connectivity index (χ3v) is 2.69. The van der Waals surface area contributed by atoms with Gasteiger partial charge in [-0.1, -0.05) is 53.9 Å². The van der Waals surface area contributed by atoms with Crippen LogP contribution < -0.4 is 4.74 Å². The van der Waals surface area contributed by atoms with Crippen LogP contribution in [0.15, 0.2) is 48.5 Å². The summed E-state index contributed by atoms with van der Waals surface area (Å²) in [7, 11) is 0. The largest absolute Gasteiger partial charge is 0.480 e. The van der Waals surface area contributed by atoms with Crippen LogP contribution in [0, 0.1) is 12.3 Å². The Morgan fingerprint density at radius 2 is 1.65 bits per heavy atom. The highest BCUT2D eigenvalue weighted by molar-refractivity contribution is 6.33. The summed E-state index contributed by atoms with van der Waals surface area (Å²) in [5, 5.41) is 0.698. The molecule has 0 bridgehead atoms. The number of terminal acetylenes is 1.